The topological polar surface area (TPSA) is 81.8 Å². The molecule has 2 saturated heterocycles. The molecule has 1 spiro atoms. The average molecular weight is 345 g/mol. The monoisotopic (exact) mass is 344 g/mol. The molecule has 0 radical (unpaired) electrons. The zero-order chi connectivity index (χ0) is 15.7. The summed E-state index contributed by atoms with van der Waals surface area (Å²) in [7, 11) is 0. The Morgan fingerprint density at radius 3 is 2.52 bits per heavy atom. The van der Waals surface area contributed by atoms with E-state index in [0.717, 1.165) is 37.3 Å². The SMILES string of the molecule is CC(C(=O)N1CCCNCC1)N1C(=O)NC2(CCCC2)C1=O.Cl. The smallest absolute Gasteiger partial charge is 0.325 e. The van der Waals surface area contributed by atoms with E-state index in [9.17, 15) is 14.4 Å². The van der Waals surface area contributed by atoms with Crippen molar-refractivity contribution in [1.82, 2.24) is 20.4 Å². The van der Waals surface area contributed by atoms with Gasteiger partial charge < -0.3 is 15.5 Å². The molecular weight excluding hydrogens is 320 g/mol. The van der Waals surface area contributed by atoms with Gasteiger partial charge >= 0.3 is 6.03 Å². The first kappa shape index (κ1) is 18.0. The molecule has 130 valence electrons. The van der Waals surface area contributed by atoms with E-state index in [0.29, 0.717) is 25.9 Å². The Labute approximate surface area is 142 Å². The number of amides is 4. The third kappa shape index (κ3) is 3.17. The van der Waals surface area contributed by atoms with Crippen molar-refractivity contribution < 1.29 is 14.4 Å². The Bertz CT molecular complexity index is 485. The van der Waals surface area contributed by atoms with Crippen molar-refractivity contribution in [2.75, 3.05) is 26.2 Å². The van der Waals surface area contributed by atoms with Gasteiger partial charge in [-0.3, -0.25) is 9.59 Å². The van der Waals surface area contributed by atoms with Crippen LogP contribution < -0.4 is 10.6 Å². The minimum absolute atomic E-state index is 0. The number of nitrogens with one attached hydrogen (secondary N) is 2. The summed E-state index contributed by atoms with van der Waals surface area (Å²) in [5.74, 6) is -0.356. The number of imide groups is 1. The molecule has 0 bridgehead atoms. The Kier molecular flexibility index (Phi) is 5.52. The van der Waals surface area contributed by atoms with Gasteiger partial charge in [-0.2, -0.15) is 0 Å². The number of halogens is 1. The fraction of sp³-hybridized carbons (Fsp3) is 0.800. The molecular formula is C15H25ClN4O3. The highest BCUT2D eigenvalue weighted by Gasteiger charge is 2.54. The van der Waals surface area contributed by atoms with Gasteiger partial charge in [0.2, 0.25) is 5.91 Å². The van der Waals surface area contributed by atoms with Crippen LogP contribution in [0.4, 0.5) is 4.79 Å². The van der Waals surface area contributed by atoms with Gasteiger partial charge in [-0.05, 0) is 32.7 Å². The van der Waals surface area contributed by atoms with Gasteiger partial charge in [0.1, 0.15) is 11.6 Å². The van der Waals surface area contributed by atoms with Crippen LogP contribution in [0, 0.1) is 0 Å². The minimum Gasteiger partial charge on any atom is -0.340 e. The highest BCUT2D eigenvalue weighted by Crippen LogP contribution is 2.35. The molecule has 4 amide bonds. The molecule has 23 heavy (non-hydrogen) atoms. The first-order valence-corrected chi connectivity index (χ1v) is 8.20. The maximum Gasteiger partial charge on any atom is 0.325 e. The largest absolute Gasteiger partial charge is 0.340 e. The number of nitrogens with zero attached hydrogens (tertiary/aromatic N) is 2. The van der Waals surface area contributed by atoms with Gasteiger partial charge in [0.25, 0.3) is 5.91 Å². The Morgan fingerprint density at radius 2 is 1.83 bits per heavy atom. The van der Waals surface area contributed by atoms with Crippen molar-refractivity contribution in [1.29, 1.82) is 0 Å². The van der Waals surface area contributed by atoms with Crippen LogP contribution in [0.1, 0.15) is 39.0 Å². The third-order valence-corrected chi connectivity index (χ3v) is 5.05. The van der Waals surface area contributed by atoms with E-state index in [1.54, 1.807) is 11.8 Å². The van der Waals surface area contributed by atoms with Crippen LogP contribution in [0.15, 0.2) is 0 Å². The van der Waals surface area contributed by atoms with Crippen LogP contribution in [-0.4, -0.2) is 65.4 Å². The van der Waals surface area contributed by atoms with Crippen LogP contribution >= 0.6 is 12.4 Å². The molecule has 8 heteroatoms. The molecule has 3 rings (SSSR count). The summed E-state index contributed by atoms with van der Waals surface area (Å²) in [5.41, 5.74) is -0.744. The van der Waals surface area contributed by atoms with E-state index in [1.165, 1.54) is 0 Å². The number of rotatable bonds is 2. The number of hydrogen-bond acceptors (Lipinski definition) is 4. The summed E-state index contributed by atoms with van der Waals surface area (Å²) >= 11 is 0. The van der Waals surface area contributed by atoms with Gasteiger partial charge in [0.05, 0.1) is 0 Å². The van der Waals surface area contributed by atoms with Gasteiger partial charge in [0, 0.05) is 19.6 Å². The molecule has 3 aliphatic rings. The Morgan fingerprint density at radius 1 is 1.13 bits per heavy atom. The number of hydrogen-bond donors (Lipinski definition) is 2. The van der Waals surface area contributed by atoms with Crippen LogP contribution in [-0.2, 0) is 9.59 Å². The molecule has 1 aliphatic carbocycles. The summed E-state index contributed by atoms with van der Waals surface area (Å²) < 4.78 is 0. The molecule has 2 aliphatic heterocycles. The molecule has 1 unspecified atom stereocenters. The summed E-state index contributed by atoms with van der Waals surface area (Å²) in [4.78, 5) is 40.5. The summed E-state index contributed by atoms with van der Waals surface area (Å²) in [5, 5.41) is 6.08. The zero-order valence-corrected chi connectivity index (χ0v) is 14.3. The van der Waals surface area contributed by atoms with Crippen molar-refractivity contribution in [3.63, 3.8) is 0 Å². The number of carbonyl (C=O) groups is 3. The molecule has 2 heterocycles. The summed E-state index contributed by atoms with van der Waals surface area (Å²) in [6.45, 7) is 4.60. The van der Waals surface area contributed by atoms with E-state index >= 15 is 0 Å². The van der Waals surface area contributed by atoms with E-state index in [2.05, 4.69) is 10.6 Å². The predicted molar refractivity (Wildman–Crippen MR) is 87.4 cm³/mol. The van der Waals surface area contributed by atoms with Crippen molar-refractivity contribution in [3.8, 4) is 0 Å². The maximum atomic E-state index is 12.7. The lowest BCUT2D eigenvalue weighted by molar-refractivity contribution is -0.142. The van der Waals surface area contributed by atoms with E-state index in [-0.39, 0.29) is 24.2 Å². The van der Waals surface area contributed by atoms with E-state index < -0.39 is 17.6 Å². The predicted octanol–water partition coefficient (Wildman–Crippen LogP) is 0.483. The number of carbonyl (C=O) groups excluding carboxylic acids is 3. The van der Waals surface area contributed by atoms with E-state index in [1.807, 2.05) is 0 Å². The van der Waals surface area contributed by atoms with Crippen LogP contribution in [0.2, 0.25) is 0 Å². The highest BCUT2D eigenvalue weighted by atomic mass is 35.5. The summed E-state index contributed by atoms with van der Waals surface area (Å²) in [6, 6.07) is -1.15. The molecule has 7 nitrogen and oxygen atoms in total. The van der Waals surface area contributed by atoms with Gasteiger partial charge in [-0.25, -0.2) is 9.69 Å². The average Bonchev–Trinajstić information content (AvgIpc) is 2.93. The second-order valence-corrected chi connectivity index (χ2v) is 6.50. The van der Waals surface area contributed by atoms with Crippen molar-refractivity contribution in [2.24, 2.45) is 0 Å². The standard InChI is InChI=1S/C15H24N4O3.ClH/c1-11(12(20)18-9-4-7-16-8-10-18)19-13(21)15(17-14(19)22)5-2-3-6-15;/h11,16H,2-10H2,1H3,(H,17,22);1H. The first-order valence-electron chi connectivity index (χ1n) is 8.20. The Hall–Kier alpha value is -1.34. The molecule has 3 fully saturated rings. The first-order chi connectivity index (χ1) is 10.6. The Balaban J connectivity index is 0.00000192. The zero-order valence-electron chi connectivity index (χ0n) is 13.5. The van der Waals surface area contributed by atoms with Crippen LogP contribution in [0.3, 0.4) is 0 Å². The summed E-state index contributed by atoms with van der Waals surface area (Å²) in [6.07, 6.45) is 4.15. The lowest BCUT2D eigenvalue weighted by atomic mass is 9.97. The second-order valence-electron chi connectivity index (χ2n) is 6.50. The second kappa shape index (κ2) is 7.05. The lowest BCUT2D eigenvalue weighted by Gasteiger charge is -2.28. The van der Waals surface area contributed by atoms with Crippen molar-refractivity contribution in [3.05, 3.63) is 0 Å². The molecule has 0 aromatic rings. The molecule has 1 saturated carbocycles. The van der Waals surface area contributed by atoms with Crippen molar-refractivity contribution in [2.45, 2.75) is 50.6 Å². The molecule has 0 aromatic carbocycles. The van der Waals surface area contributed by atoms with Crippen LogP contribution in [0.25, 0.3) is 0 Å². The third-order valence-electron chi connectivity index (χ3n) is 5.05. The normalized spacial score (nSPS) is 25.1. The van der Waals surface area contributed by atoms with Gasteiger partial charge in [-0.1, -0.05) is 12.8 Å². The fourth-order valence-corrected chi connectivity index (χ4v) is 3.75. The highest BCUT2D eigenvalue weighted by molar-refractivity contribution is 6.09. The quantitative estimate of drug-likeness (QED) is 0.714. The van der Waals surface area contributed by atoms with Crippen molar-refractivity contribution >= 4 is 30.3 Å². The fourth-order valence-electron chi connectivity index (χ4n) is 3.75. The molecule has 1 atom stereocenters. The van der Waals surface area contributed by atoms with E-state index in [4.69, 9.17) is 0 Å². The maximum absolute atomic E-state index is 12.7. The molecule has 2 N–H and O–H groups in total. The number of urea groups is 1. The lowest BCUT2D eigenvalue weighted by Crippen LogP contribution is -2.51. The molecule has 0 aromatic heterocycles. The minimum atomic E-state index is -0.744. The van der Waals surface area contributed by atoms with Gasteiger partial charge in [-0.15, -0.1) is 12.4 Å². The van der Waals surface area contributed by atoms with Gasteiger partial charge in [0.15, 0.2) is 0 Å². The van der Waals surface area contributed by atoms with Crippen LogP contribution in [0.5, 0.6) is 0 Å².